The normalized spacial score (nSPS) is 18.2. The fraction of sp³-hybridized carbons (Fsp3) is 0.0805. The first-order valence-electron chi connectivity index (χ1n) is 31.5. The van der Waals surface area contributed by atoms with Crippen LogP contribution in [0.3, 0.4) is 0 Å². The summed E-state index contributed by atoms with van der Waals surface area (Å²) in [4.78, 5) is 0. The van der Waals surface area contributed by atoms with Gasteiger partial charge < -0.3 is 4.57 Å². The van der Waals surface area contributed by atoms with Gasteiger partial charge in [-0.1, -0.05) is 291 Å². The van der Waals surface area contributed by atoms with Crippen molar-refractivity contribution in [2.24, 2.45) is 0 Å². The lowest BCUT2D eigenvalue weighted by Gasteiger charge is -2.39. The highest BCUT2D eigenvalue weighted by atomic mass is 15.0. The van der Waals surface area contributed by atoms with E-state index in [0.29, 0.717) is 0 Å². The van der Waals surface area contributed by atoms with Crippen LogP contribution in [-0.2, 0) is 22.7 Å². The highest BCUT2D eigenvalue weighted by Gasteiger charge is 2.56. The van der Waals surface area contributed by atoms with Gasteiger partial charge in [0.25, 0.3) is 0 Å². The third-order valence-electron chi connectivity index (χ3n) is 21.9. The third-order valence-corrected chi connectivity index (χ3v) is 21.9. The Labute approximate surface area is 513 Å². The van der Waals surface area contributed by atoms with Crippen LogP contribution in [0.1, 0.15) is 96.8 Å². The maximum atomic E-state index is 2.66. The minimum absolute atomic E-state index is 0.172. The van der Waals surface area contributed by atoms with Crippen LogP contribution in [0.25, 0.3) is 83.9 Å². The molecule has 0 radical (unpaired) electrons. The number of hydrogen-bond donors (Lipinski definition) is 0. The largest absolute Gasteiger partial charge is 0.313 e. The monoisotopic (exact) mass is 1120 g/mol. The lowest BCUT2D eigenvalue weighted by Crippen LogP contribution is -2.32. The molecule has 0 fully saturated rings. The smallest absolute Gasteiger partial charge is 0.0725 e. The molecule has 0 N–H and O–H groups in total. The number of fused-ring (bicyclic) bond motifs is 26. The van der Waals surface area contributed by atoms with Crippen LogP contribution in [0.2, 0.25) is 0 Å². The molecule has 1 heterocycles. The molecule has 0 aliphatic heterocycles. The summed E-state index contributed by atoms with van der Waals surface area (Å²) in [6.45, 7) is 0. The number of rotatable bonds is 5. The molecule has 2 unspecified atom stereocenters. The van der Waals surface area contributed by atoms with E-state index in [9.17, 15) is 0 Å². The van der Waals surface area contributed by atoms with E-state index in [4.69, 9.17) is 0 Å². The van der Waals surface area contributed by atoms with Crippen LogP contribution in [-0.4, -0.2) is 4.57 Å². The van der Waals surface area contributed by atoms with Gasteiger partial charge in [0.05, 0.1) is 21.8 Å². The van der Waals surface area contributed by atoms with E-state index in [0.717, 1.165) is 19.3 Å². The Hall–Kier alpha value is -10.6. The molecule has 410 valence electrons. The van der Waals surface area contributed by atoms with Crippen molar-refractivity contribution < 1.29 is 0 Å². The lowest BCUT2D eigenvalue weighted by atomic mass is 9.63. The zero-order valence-corrected chi connectivity index (χ0v) is 48.5. The number of nitrogens with zero attached hydrogens (tertiary/aromatic N) is 1. The Morgan fingerprint density at radius 1 is 0.330 bits per heavy atom. The van der Waals surface area contributed by atoms with Crippen molar-refractivity contribution >= 4 is 22.6 Å². The van der Waals surface area contributed by atoms with Crippen molar-refractivity contribution in [1.29, 1.82) is 0 Å². The fourth-order valence-electron chi connectivity index (χ4n) is 18.8. The van der Waals surface area contributed by atoms with Crippen molar-refractivity contribution in [2.75, 3.05) is 0 Å². The van der Waals surface area contributed by atoms with E-state index in [1.807, 2.05) is 0 Å². The number of aromatic nitrogens is 1. The van der Waals surface area contributed by atoms with E-state index in [1.165, 1.54) is 167 Å². The van der Waals surface area contributed by atoms with Crippen LogP contribution in [0.15, 0.2) is 308 Å². The maximum Gasteiger partial charge on any atom is 0.0725 e. The van der Waals surface area contributed by atoms with E-state index in [1.54, 1.807) is 0 Å². The van der Waals surface area contributed by atoms with Gasteiger partial charge in [-0.15, -0.1) is 0 Å². The molecule has 2 atom stereocenters. The molecule has 0 saturated carbocycles. The van der Waals surface area contributed by atoms with Gasteiger partial charge in [-0.25, -0.2) is 0 Å². The maximum absolute atomic E-state index is 2.66. The molecule has 12 aromatic carbocycles. The zero-order valence-electron chi connectivity index (χ0n) is 48.5. The minimum atomic E-state index is -0.533. The van der Waals surface area contributed by atoms with Crippen LogP contribution < -0.4 is 0 Å². The molecule has 88 heavy (non-hydrogen) atoms. The van der Waals surface area contributed by atoms with Crippen LogP contribution in [0.4, 0.5) is 0 Å². The third kappa shape index (κ3) is 5.93. The van der Waals surface area contributed by atoms with E-state index < -0.39 is 16.2 Å². The van der Waals surface area contributed by atoms with Gasteiger partial charge in [0.15, 0.2) is 0 Å². The molecule has 2 spiro atoms. The average molecular weight is 1120 g/mol. The summed E-state index contributed by atoms with van der Waals surface area (Å²) in [7, 11) is 0. The second kappa shape index (κ2) is 17.8. The Kier molecular flexibility index (Phi) is 9.81. The number of benzene rings is 12. The van der Waals surface area contributed by atoms with Crippen molar-refractivity contribution in [1.82, 2.24) is 4.57 Å². The Balaban J connectivity index is 0.797. The van der Waals surface area contributed by atoms with E-state index in [-0.39, 0.29) is 5.92 Å². The number of para-hydroxylation sites is 2. The summed E-state index contributed by atoms with van der Waals surface area (Å²) in [5, 5.41) is 1.30. The summed E-state index contributed by atoms with van der Waals surface area (Å²) in [6.07, 6.45) is 10.5. The Morgan fingerprint density at radius 2 is 0.784 bits per heavy atom. The molecule has 1 heteroatoms. The molecular formula is C87H57N. The molecule has 0 amide bonds. The predicted octanol–water partition coefficient (Wildman–Crippen LogP) is 20.8. The molecule has 0 bridgehead atoms. The summed E-state index contributed by atoms with van der Waals surface area (Å²) in [6, 6.07) is 109. The quantitative estimate of drug-likeness (QED) is 0.162. The van der Waals surface area contributed by atoms with Crippen molar-refractivity contribution in [2.45, 2.75) is 41.4 Å². The fourth-order valence-corrected chi connectivity index (χ4v) is 18.8. The molecule has 20 rings (SSSR count). The lowest BCUT2D eigenvalue weighted by molar-refractivity contribution is 0.643. The molecule has 7 aliphatic carbocycles. The molecule has 1 nitrogen and oxygen atoms in total. The molecule has 7 aliphatic rings. The van der Waals surface area contributed by atoms with Gasteiger partial charge in [-0.2, -0.15) is 0 Å². The highest BCUT2D eigenvalue weighted by molar-refractivity contribution is 6.02. The summed E-state index contributed by atoms with van der Waals surface area (Å²) in [5.74, 6) is 0.172. The number of allylic oxidation sites excluding steroid dienone is 5. The van der Waals surface area contributed by atoms with Gasteiger partial charge in [-0.3, -0.25) is 0 Å². The van der Waals surface area contributed by atoms with Crippen LogP contribution >= 0.6 is 0 Å². The first kappa shape index (κ1) is 48.6. The van der Waals surface area contributed by atoms with Crippen LogP contribution in [0, 0.1) is 0 Å². The first-order valence-corrected chi connectivity index (χ1v) is 31.5. The molecule has 1 aromatic heterocycles. The topological polar surface area (TPSA) is 4.93 Å². The van der Waals surface area contributed by atoms with Crippen LogP contribution in [0.5, 0.6) is 0 Å². The zero-order chi connectivity index (χ0) is 57.5. The second-order valence-electron chi connectivity index (χ2n) is 25.4. The van der Waals surface area contributed by atoms with E-state index >= 15 is 0 Å². The van der Waals surface area contributed by atoms with Gasteiger partial charge in [0.1, 0.15) is 0 Å². The standard InChI is InChI=1S/C87H57N/c1-2-22-58(23-3-1)88-81-43-19-11-29-66(81)70-52-80-69(53-82(70)88)65-28-8-12-34-71(65)85(80,56-48-44-54(45-49-56)59-32-20-41-78-83(59)67-30-9-17-39-76(67)86(78)72-35-13-4-24-61(72)62-25-5-14-36-73(62)86)57-50-46-55(47-51-57)60-33-21-42-79-84(60)68-31-10-18-40-77(68)87(79)74-37-15-6-26-63(74)64-27-7-16-38-75(64)87/h1-46,48-50,52,69H,47,51,53H2. The number of hydrogen-bond acceptors (Lipinski definition) is 0. The summed E-state index contributed by atoms with van der Waals surface area (Å²) >= 11 is 0. The van der Waals surface area contributed by atoms with Crippen molar-refractivity contribution in [3.63, 3.8) is 0 Å². The summed E-state index contributed by atoms with van der Waals surface area (Å²) < 4.78 is 2.55. The van der Waals surface area contributed by atoms with Gasteiger partial charge in [0.2, 0.25) is 0 Å². The average Bonchev–Trinajstić information content (AvgIpc) is 1.53. The van der Waals surface area contributed by atoms with Crippen molar-refractivity contribution in [3.05, 3.63) is 386 Å². The predicted molar refractivity (Wildman–Crippen MR) is 361 cm³/mol. The second-order valence-corrected chi connectivity index (χ2v) is 25.4. The minimum Gasteiger partial charge on any atom is -0.313 e. The van der Waals surface area contributed by atoms with Gasteiger partial charge in [-0.05, 0) is 171 Å². The first-order chi connectivity index (χ1) is 43.7. The van der Waals surface area contributed by atoms with Crippen molar-refractivity contribution in [3.8, 4) is 61.3 Å². The Bertz CT molecular complexity index is 5220. The SMILES string of the molecule is C1=C(c2cccc3c2-c2ccccc2C32c3ccccc3-c3ccccc32)CCC(C2(c3ccc(-c4cccc5c4-c4ccccc4C54c5ccccc5-c5ccccc54)cc3)C3=Cc4c(n(-c5ccccc5)c5ccccc45)CC3c3ccccc32)=C1. The van der Waals surface area contributed by atoms with Gasteiger partial charge >= 0.3 is 0 Å². The molecular weight excluding hydrogens is 1060 g/mol. The molecule has 0 saturated heterocycles. The highest BCUT2D eigenvalue weighted by Crippen LogP contribution is 2.67. The Morgan fingerprint density at radius 3 is 1.35 bits per heavy atom. The van der Waals surface area contributed by atoms with Gasteiger partial charge in [0, 0.05) is 28.2 Å². The molecule has 13 aromatic rings. The van der Waals surface area contributed by atoms with E-state index in [2.05, 4.69) is 308 Å². The summed E-state index contributed by atoms with van der Waals surface area (Å²) in [5.41, 5.74) is 38.0.